The van der Waals surface area contributed by atoms with Crippen molar-refractivity contribution in [2.45, 2.75) is 6.54 Å². The van der Waals surface area contributed by atoms with Crippen LogP contribution in [0.5, 0.6) is 0 Å². The molecule has 0 unspecified atom stereocenters. The van der Waals surface area contributed by atoms with Gasteiger partial charge in [0.2, 0.25) is 0 Å². The summed E-state index contributed by atoms with van der Waals surface area (Å²) >= 11 is 0. The van der Waals surface area contributed by atoms with Crippen LogP contribution in [0.15, 0.2) is 22.8 Å². The molecule has 0 aromatic carbocycles. The Balaban J connectivity index is 2.46. The Morgan fingerprint density at radius 1 is 1.44 bits per heavy atom. The van der Waals surface area contributed by atoms with E-state index in [1.54, 1.807) is 12.3 Å². The fourth-order valence-corrected chi connectivity index (χ4v) is 1.37. The van der Waals surface area contributed by atoms with Gasteiger partial charge in [-0.2, -0.15) is 0 Å². The standard InChI is InChI=1S/C11H18N2O3/c1-12(2)5-6-13(9-11(14)15)8-10-4-3-7-16-10/h3-4,7H,5-6,8-9H2,1-2H3,(H,14,15). The van der Waals surface area contributed by atoms with Crippen LogP contribution in [0.1, 0.15) is 5.76 Å². The fraction of sp³-hybridized carbons (Fsp3) is 0.545. The van der Waals surface area contributed by atoms with Gasteiger partial charge < -0.3 is 14.4 Å². The third kappa shape index (κ3) is 4.95. The molecule has 0 radical (unpaired) electrons. The summed E-state index contributed by atoms with van der Waals surface area (Å²) in [5, 5.41) is 8.79. The minimum absolute atomic E-state index is 0.0362. The Labute approximate surface area is 95.3 Å². The number of rotatable bonds is 7. The smallest absolute Gasteiger partial charge is 0.317 e. The van der Waals surface area contributed by atoms with E-state index in [-0.39, 0.29) is 6.54 Å². The van der Waals surface area contributed by atoms with Crippen LogP contribution in [0.4, 0.5) is 0 Å². The lowest BCUT2D eigenvalue weighted by atomic mass is 10.3. The lowest BCUT2D eigenvalue weighted by molar-refractivity contribution is -0.138. The molecule has 0 saturated heterocycles. The number of carbonyl (C=O) groups is 1. The number of aliphatic carboxylic acids is 1. The summed E-state index contributed by atoms with van der Waals surface area (Å²) in [4.78, 5) is 14.6. The lowest BCUT2D eigenvalue weighted by Gasteiger charge is -2.21. The predicted octanol–water partition coefficient (Wildman–Crippen LogP) is 0.728. The molecule has 0 atom stereocenters. The Morgan fingerprint density at radius 3 is 2.69 bits per heavy atom. The van der Waals surface area contributed by atoms with Gasteiger partial charge in [-0.3, -0.25) is 9.69 Å². The normalized spacial score (nSPS) is 11.2. The molecule has 0 bridgehead atoms. The Bertz CT molecular complexity index is 309. The summed E-state index contributed by atoms with van der Waals surface area (Å²) in [6, 6.07) is 3.66. The maximum absolute atomic E-state index is 10.7. The minimum Gasteiger partial charge on any atom is -0.480 e. The third-order valence-corrected chi connectivity index (χ3v) is 2.18. The number of furan rings is 1. The van der Waals surface area contributed by atoms with Crippen LogP contribution in [-0.2, 0) is 11.3 Å². The zero-order valence-electron chi connectivity index (χ0n) is 9.72. The first-order chi connectivity index (χ1) is 7.58. The molecule has 1 N–H and O–H groups in total. The number of nitrogens with zero attached hydrogens (tertiary/aromatic N) is 2. The van der Waals surface area contributed by atoms with Gasteiger partial charge in [0.25, 0.3) is 0 Å². The summed E-state index contributed by atoms with van der Waals surface area (Å²) in [5.74, 6) is -0.0229. The van der Waals surface area contributed by atoms with Crippen LogP contribution in [0.2, 0.25) is 0 Å². The van der Waals surface area contributed by atoms with Crippen LogP contribution < -0.4 is 0 Å². The average molecular weight is 226 g/mol. The van der Waals surface area contributed by atoms with Crippen molar-refractivity contribution in [3.05, 3.63) is 24.2 Å². The largest absolute Gasteiger partial charge is 0.480 e. The van der Waals surface area contributed by atoms with Crippen molar-refractivity contribution in [1.29, 1.82) is 0 Å². The van der Waals surface area contributed by atoms with Crippen LogP contribution >= 0.6 is 0 Å². The van der Waals surface area contributed by atoms with Gasteiger partial charge in [-0.1, -0.05) is 0 Å². The highest BCUT2D eigenvalue weighted by Gasteiger charge is 2.11. The zero-order valence-corrected chi connectivity index (χ0v) is 9.72. The number of likely N-dealkylation sites (N-methyl/N-ethyl adjacent to an activating group) is 1. The Morgan fingerprint density at radius 2 is 2.19 bits per heavy atom. The van der Waals surface area contributed by atoms with Gasteiger partial charge in [0.1, 0.15) is 5.76 Å². The van der Waals surface area contributed by atoms with Crippen molar-refractivity contribution in [2.24, 2.45) is 0 Å². The zero-order chi connectivity index (χ0) is 12.0. The van der Waals surface area contributed by atoms with E-state index in [9.17, 15) is 4.79 Å². The van der Waals surface area contributed by atoms with E-state index < -0.39 is 5.97 Å². The predicted molar refractivity (Wildman–Crippen MR) is 60.2 cm³/mol. The van der Waals surface area contributed by atoms with Crippen LogP contribution in [0, 0.1) is 0 Å². The summed E-state index contributed by atoms with van der Waals surface area (Å²) in [6.45, 7) is 2.11. The van der Waals surface area contributed by atoms with Crippen LogP contribution in [0.25, 0.3) is 0 Å². The molecule has 1 aromatic heterocycles. The second-order valence-corrected chi connectivity index (χ2v) is 3.99. The molecule has 16 heavy (non-hydrogen) atoms. The van der Waals surface area contributed by atoms with Crippen molar-refractivity contribution in [3.63, 3.8) is 0 Å². The molecule has 0 aliphatic heterocycles. The van der Waals surface area contributed by atoms with Gasteiger partial charge in [-0.25, -0.2) is 0 Å². The lowest BCUT2D eigenvalue weighted by Crippen LogP contribution is -2.35. The molecular formula is C11H18N2O3. The van der Waals surface area contributed by atoms with Gasteiger partial charge in [0, 0.05) is 13.1 Å². The topological polar surface area (TPSA) is 56.9 Å². The van der Waals surface area contributed by atoms with Gasteiger partial charge >= 0.3 is 5.97 Å². The quantitative estimate of drug-likeness (QED) is 0.742. The molecular weight excluding hydrogens is 208 g/mol. The van der Waals surface area contributed by atoms with Crippen LogP contribution in [0.3, 0.4) is 0 Å². The van der Waals surface area contributed by atoms with Crippen molar-refractivity contribution in [2.75, 3.05) is 33.7 Å². The van der Waals surface area contributed by atoms with Crippen LogP contribution in [-0.4, -0.2) is 54.6 Å². The molecule has 0 aliphatic rings. The maximum Gasteiger partial charge on any atom is 0.317 e. The average Bonchev–Trinajstić information content (AvgIpc) is 2.66. The van der Waals surface area contributed by atoms with Gasteiger partial charge in [0.05, 0.1) is 19.4 Å². The summed E-state index contributed by atoms with van der Waals surface area (Å²) < 4.78 is 5.20. The number of carboxylic acid groups (broad SMARTS) is 1. The monoisotopic (exact) mass is 226 g/mol. The summed E-state index contributed by atoms with van der Waals surface area (Å²) in [7, 11) is 3.93. The van der Waals surface area contributed by atoms with Gasteiger partial charge in [-0.05, 0) is 26.2 Å². The molecule has 1 heterocycles. The second kappa shape index (κ2) is 6.30. The highest BCUT2D eigenvalue weighted by Crippen LogP contribution is 2.05. The fourth-order valence-electron chi connectivity index (χ4n) is 1.37. The van der Waals surface area contributed by atoms with E-state index in [0.29, 0.717) is 13.1 Å². The summed E-state index contributed by atoms with van der Waals surface area (Å²) in [5.41, 5.74) is 0. The number of hydrogen-bond donors (Lipinski definition) is 1. The second-order valence-electron chi connectivity index (χ2n) is 3.99. The van der Waals surface area contributed by atoms with E-state index in [2.05, 4.69) is 0 Å². The molecule has 5 nitrogen and oxygen atoms in total. The van der Waals surface area contributed by atoms with Crippen molar-refractivity contribution < 1.29 is 14.3 Å². The molecule has 0 aliphatic carbocycles. The first-order valence-corrected chi connectivity index (χ1v) is 5.19. The highest BCUT2D eigenvalue weighted by atomic mass is 16.4. The first kappa shape index (κ1) is 12.7. The van der Waals surface area contributed by atoms with E-state index in [0.717, 1.165) is 12.3 Å². The van der Waals surface area contributed by atoms with E-state index in [1.165, 1.54) is 0 Å². The van der Waals surface area contributed by atoms with Crippen molar-refractivity contribution in [1.82, 2.24) is 9.80 Å². The van der Waals surface area contributed by atoms with E-state index >= 15 is 0 Å². The third-order valence-electron chi connectivity index (χ3n) is 2.18. The van der Waals surface area contributed by atoms with Gasteiger partial charge in [-0.15, -0.1) is 0 Å². The molecule has 0 saturated carbocycles. The van der Waals surface area contributed by atoms with E-state index in [4.69, 9.17) is 9.52 Å². The molecule has 0 spiro atoms. The highest BCUT2D eigenvalue weighted by molar-refractivity contribution is 5.69. The SMILES string of the molecule is CN(C)CCN(CC(=O)O)Cc1ccco1. The molecule has 1 rings (SSSR count). The van der Waals surface area contributed by atoms with E-state index in [1.807, 2.05) is 30.0 Å². The Hall–Kier alpha value is -1.33. The molecule has 1 aromatic rings. The molecule has 0 amide bonds. The van der Waals surface area contributed by atoms with Gasteiger partial charge in [0.15, 0.2) is 0 Å². The molecule has 0 fully saturated rings. The van der Waals surface area contributed by atoms with Crippen molar-refractivity contribution in [3.8, 4) is 0 Å². The van der Waals surface area contributed by atoms with Crippen molar-refractivity contribution >= 4 is 5.97 Å². The Kier molecular flexibility index (Phi) is 5.01. The number of hydrogen-bond acceptors (Lipinski definition) is 4. The number of carboxylic acids is 1. The molecule has 5 heteroatoms. The first-order valence-electron chi connectivity index (χ1n) is 5.19. The molecule has 90 valence electrons. The minimum atomic E-state index is -0.815. The summed E-state index contributed by atoms with van der Waals surface area (Å²) in [6.07, 6.45) is 1.60. The maximum atomic E-state index is 10.7.